The van der Waals surface area contributed by atoms with E-state index in [2.05, 4.69) is 11.0 Å². The lowest BCUT2D eigenvalue weighted by atomic mass is 9.99. The molecule has 0 aromatic heterocycles. The highest BCUT2D eigenvalue weighted by Crippen LogP contribution is 2.31. The Hall–Kier alpha value is -3.69. The molecule has 1 saturated heterocycles. The second kappa shape index (κ2) is 8.13. The Labute approximate surface area is 168 Å². The molecule has 1 heterocycles. The topological polar surface area (TPSA) is 79.4 Å². The highest BCUT2D eigenvalue weighted by molar-refractivity contribution is 5.96. The van der Waals surface area contributed by atoms with Crippen LogP contribution in [-0.4, -0.2) is 31.2 Å². The van der Waals surface area contributed by atoms with Gasteiger partial charge in [-0.2, -0.15) is 5.26 Å². The maximum absolute atomic E-state index is 11.3. The molecule has 4 rings (SSSR count). The predicted molar refractivity (Wildman–Crippen MR) is 114 cm³/mol. The Morgan fingerprint density at radius 2 is 1.83 bits per heavy atom. The standard InChI is InChI=1S/C23H19N3O3/c24-16-21(19-6-5-17-3-1-2-4-18(17)13-19)14-20-15-22(26(27)28)7-8-23(20)25-9-11-29-12-10-25/h1-8,13-15H,9-12H2/b21-14+. The summed E-state index contributed by atoms with van der Waals surface area (Å²) in [6.45, 7) is 2.62. The fraction of sp³-hybridized carbons (Fsp3) is 0.174. The second-order valence-electron chi connectivity index (χ2n) is 6.83. The normalized spacial score (nSPS) is 14.6. The molecule has 0 radical (unpaired) electrons. The van der Waals surface area contributed by atoms with Crippen LogP contribution >= 0.6 is 0 Å². The minimum absolute atomic E-state index is 0.00376. The lowest BCUT2D eigenvalue weighted by Crippen LogP contribution is -2.36. The lowest BCUT2D eigenvalue weighted by Gasteiger charge is -2.30. The van der Waals surface area contributed by atoms with E-state index in [1.165, 1.54) is 12.1 Å². The van der Waals surface area contributed by atoms with E-state index in [1.54, 1.807) is 12.1 Å². The summed E-state index contributed by atoms with van der Waals surface area (Å²) in [6, 6.07) is 20.9. The summed E-state index contributed by atoms with van der Waals surface area (Å²) in [7, 11) is 0. The molecule has 1 aliphatic rings. The zero-order chi connectivity index (χ0) is 20.2. The summed E-state index contributed by atoms with van der Waals surface area (Å²) in [5.41, 5.74) is 2.78. The molecule has 6 nitrogen and oxygen atoms in total. The summed E-state index contributed by atoms with van der Waals surface area (Å²) >= 11 is 0. The number of anilines is 1. The summed E-state index contributed by atoms with van der Waals surface area (Å²) in [5.74, 6) is 0. The van der Waals surface area contributed by atoms with Crippen LogP contribution in [0.2, 0.25) is 0 Å². The number of nitriles is 1. The molecule has 6 heteroatoms. The second-order valence-corrected chi connectivity index (χ2v) is 6.83. The summed E-state index contributed by atoms with van der Waals surface area (Å²) < 4.78 is 5.42. The van der Waals surface area contributed by atoms with Crippen molar-refractivity contribution in [2.45, 2.75) is 0 Å². The van der Waals surface area contributed by atoms with Crippen molar-refractivity contribution in [3.05, 3.63) is 81.9 Å². The molecule has 0 saturated carbocycles. The molecule has 0 atom stereocenters. The molecule has 1 fully saturated rings. The molecule has 3 aromatic rings. The first-order valence-corrected chi connectivity index (χ1v) is 9.38. The first-order valence-electron chi connectivity index (χ1n) is 9.38. The van der Waals surface area contributed by atoms with Gasteiger partial charge in [-0.15, -0.1) is 0 Å². The van der Waals surface area contributed by atoms with Gasteiger partial charge in [0, 0.05) is 36.5 Å². The summed E-state index contributed by atoms with van der Waals surface area (Å²) in [5, 5.41) is 23.2. The van der Waals surface area contributed by atoms with Crippen molar-refractivity contribution in [2.24, 2.45) is 0 Å². The Balaban J connectivity index is 1.81. The van der Waals surface area contributed by atoms with Crippen molar-refractivity contribution < 1.29 is 9.66 Å². The van der Waals surface area contributed by atoms with Gasteiger partial charge in [-0.3, -0.25) is 10.1 Å². The number of benzene rings is 3. The van der Waals surface area contributed by atoms with Gasteiger partial charge < -0.3 is 9.64 Å². The monoisotopic (exact) mass is 385 g/mol. The Morgan fingerprint density at radius 1 is 1.07 bits per heavy atom. The van der Waals surface area contributed by atoms with E-state index >= 15 is 0 Å². The molecule has 3 aromatic carbocycles. The number of ether oxygens (including phenoxy) is 1. The van der Waals surface area contributed by atoms with Gasteiger partial charge in [0.05, 0.1) is 29.8 Å². The van der Waals surface area contributed by atoms with Gasteiger partial charge in [-0.1, -0.05) is 36.4 Å². The van der Waals surface area contributed by atoms with E-state index < -0.39 is 4.92 Å². The Morgan fingerprint density at radius 3 is 2.55 bits per heavy atom. The molecule has 0 aliphatic carbocycles. The first kappa shape index (κ1) is 18.7. The molecule has 29 heavy (non-hydrogen) atoms. The van der Waals surface area contributed by atoms with E-state index in [0.29, 0.717) is 37.4 Å². The summed E-state index contributed by atoms with van der Waals surface area (Å²) in [6.07, 6.45) is 1.74. The summed E-state index contributed by atoms with van der Waals surface area (Å²) in [4.78, 5) is 13.0. The number of nitro benzene ring substituents is 1. The maximum Gasteiger partial charge on any atom is 0.270 e. The van der Waals surface area contributed by atoms with Crippen molar-refractivity contribution in [2.75, 3.05) is 31.2 Å². The number of hydrogen-bond donors (Lipinski definition) is 0. The minimum atomic E-state index is -0.414. The SMILES string of the molecule is N#C/C(=C\c1cc([N+](=O)[O-])ccc1N1CCOCC1)c1ccc2ccccc2c1. The lowest BCUT2D eigenvalue weighted by molar-refractivity contribution is -0.384. The van der Waals surface area contributed by atoms with Gasteiger partial charge in [0.1, 0.15) is 0 Å². The van der Waals surface area contributed by atoms with Crippen LogP contribution in [-0.2, 0) is 4.74 Å². The highest BCUT2D eigenvalue weighted by atomic mass is 16.6. The largest absolute Gasteiger partial charge is 0.378 e. The first-order chi connectivity index (χ1) is 14.2. The van der Waals surface area contributed by atoms with Gasteiger partial charge in [0.2, 0.25) is 0 Å². The molecular formula is C23H19N3O3. The van der Waals surface area contributed by atoms with Gasteiger partial charge in [0.15, 0.2) is 0 Å². The number of allylic oxidation sites excluding steroid dienone is 1. The van der Waals surface area contributed by atoms with Crippen molar-refractivity contribution in [1.82, 2.24) is 0 Å². The van der Waals surface area contributed by atoms with Crippen LogP contribution in [0.25, 0.3) is 22.4 Å². The molecule has 0 N–H and O–H groups in total. The zero-order valence-corrected chi connectivity index (χ0v) is 15.7. The van der Waals surface area contributed by atoms with Crippen molar-refractivity contribution in [3.63, 3.8) is 0 Å². The Bertz CT molecular complexity index is 1140. The van der Waals surface area contributed by atoms with Crippen LogP contribution in [0.15, 0.2) is 60.7 Å². The smallest absolute Gasteiger partial charge is 0.270 e. The van der Waals surface area contributed by atoms with Crippen LogP contribution < -0.4 is 4.90 Å². The van der Waals surface area contributed by atoms with Gasteiger partial charge >= 0.3 is 0 Å². The Kier molecular flexibility index (Phi) is 5.23. The van der Waals surface area contributed by atoms with Crippen LogP contribution in [0.4, 0.5) is 11.4 Å². The van der Waals surface area contributed by atoms with Crippen LogP contribution in [0.3, 0.4) is 0 Å². The molecule has 0 unspecified atom stereocenters. The van der Waals surface area contributed by atoms with Gasteiger partial charge in [-0.25, -0.2) is 0 Å². The number of morpholine rings is 1. The number of hydrogen-bond acceptors (Lipinski definition) is 5. The van der Waals surface area contributed by atoms with Crippen molar-refractivity contribution in [1.29, 1.82) is 5.26 Å². The third-order valence-electron chi connectivity index (χ3n) is 5.05. The molecular weight excluding hydrogens is 366 g/mol. The molecule has 144 valence electrons. The van der Waals surface area contributed by atoms with Gasteiger partial charge in [-0.05, 0) is 34.5 Å². The van der Waals surface area contributed by atoms with E-state index in [1.807, 2.05) is 42.5 Å². The maximum atomic E-state index is 11.3. The van der Waals surface area contributed by atoms with E-state index in [4.69, 9.17) is 4.74 Å². The zero-order valence-electron chi connectivity index (χ0n) is 15.7. The van der Waals surface area contributed by atoms with Crippen LogP contribution in [0.5, 0.6) is 0 Å². The average Bonchev–Trinajstić information content (AvgIpc) is 2.77. The molecule has 1 aliphatic heterocycles. The number of nitro groups is 1. The number of non-ortho nitro benzene ring substituents is 1. The van der Waals surface area contributed by atoms with Crippen molar-refractivity contribution >= 4 is 33.8 Å². The number of rotatable bonds is 4. The van der Waals surface area contributed by atoms with E-state index in [9.17, 15) is 15.4 Å². The van der Waals surface area contributed by atoms with E-state index in [-0.39, 0.29) is 5.69 Å². The molecule has 0 spiro atoms. The number of nitrogens with zero attached hydrogens (tertiary/aromatic N) is 3. The quantitative estimate of drug-likeness (QED) is 0.283. The minimum Gasteiger partial charge on any atom is -0.378 e. The van der Waals surface area contributed by atoms with E-state index in [0.717, 1.165) is 22.0 Å². The third kappa shape index (κ3) is 3.96. The highest BCUT2D eigenvalue weighted by Gasteiger charge is 2.18. The predicted octanol–water partition coefficient (Wildman–Crippen LogP) is 4.65. The molecule has 0 bridgehead atoms. The van der Waals surface area contributed by atoms with Crippen LogP contribution in [0.1, 0.15) is 11.1 Å². The third-order valence-corrected chi connectivity index (χ3v) is 5.05. The van der Waals surface area contributed by atoms with Crippen LogP contribution in [0, 0.1) is 21.4 Å². The average molecular weight is 385 g/mol. The fourth-order valence-corrected chi connectivity index (χ4v) is 3.56. The van der Waals surface area contributed by atoms with Crippen molar-refractivity contribution in [3.8, 4) is 6.07 Å². The fourth-order valence-electron chi connectivity index (χ4n) is 3.56. The van der Waals surface area contributed by atoms with Gasteiger partial charge in [0.25, 0.3) is 5.69 Å². The number of fused-ring (bicyclic) bond motifs is 1. The molecule has 0 amide bonds.